The lowest BCUT2D eigenvalue weighted by molar-refractivity contribution is -0.136. The molecule has 1 aromatic carbocycles. The summed E-state index contributed by atoms with van der Waals surface area (Å²) in [6, 6.07) is 8.99. The van der Waals surface area contributed by atoms with Crippen molar-refractivity contribution in [1.82, 2.24) is 10.6 Å². The zero-order valence-corrected chi connectivity index (χ0v) is 12.9. The van der Waals surface area contributed by atoms with Gasteiger partial charge < -0.3 is 16.0 Å². The Kier molecular flexibility index (Phi) is 6.90. The number of para-hydroxylation sites is 1. The second-order valence-corrected chi connectivity index (χ2v) is 5.78. The predicted octanol–water partition coefficient (Wildman–Crippen LogP) is 1.91. The molecule has 2 amide bonds. The van der Waals surface area contributed by atoms with Crippen LogP contribution in [0.15, 0.2) is 30.3 Å². The summed E-state index contributed by atoms with van der Waals surface area (Å²) < 4.78 is 0. The van der Waals surface area contributed by atoms with Gasteiger partial charge in [-0.25, -0.2) is 0 Å². The molecule has 2 rings (SSSR count). The molecule has 22 heavy (non-hydrogen) atoms. The second kappa shape index (κ2) is 9.20. The zero-order valence-electron chi connectivity index (χ0n) is 12.9. The Balaban J connectivity index is 1.56. The number of unbranched alkanes of at least 4 members (excludes halogenated alkanes) is 1. The Morgan fingerprint density at radius 2 is 1.95 bits per heavy atom. The molecule has 1 aromatic rings. The molecule has 1 unspecified atom stereocenters. The fraction of sp³-hybridized carbons (Fsp3) is 0.529. The summed E-state index contributed by atoms with van der Waals surface area (Å²) in [4.78, 5) is 23.4. The van der Waals surface area contributed by atoms with Crippen LogP contribution in [-0.4, -0.2) is 31.4 Å². The molecule has 1 aliphatic heterocycles. The van der Waals surface area contributed by atoms with Gasteiger partial charge in [-0.1, -0.05) is 24.6 Å². The molecule has 5 nitrogen and oxygen atoms in total. The van der Waals surface area contributed by atoms with Gasteiger partial charge in [-0.15, -0.1) is 0 Å². The molecule has 0 saturated carbocycles. The number of hydrogen-bond donors (Lipinski definition) is 3. The molecule has 1 aliphatic rings. The number of piperidine rings is 1. The summed E-state index contributed by atoms with van der Waals surface area (Å²) in [5.74, 6) is -0.406. The van der Waals surface area contributed by atoms with Crippen molar-refractivity contribution < 1.29 is 9.59 Å². The van der Waals surface area contributed by atoms with Gasteiger partial charge in [0.15, 0.2) is 0 Å². The second-order valence-electron chi connectivity index (χ2n) is 5.78. The third kappa shape index (κ3) is 5.85. The van der Waals surface area contributed by atoms with Crippen molar-refractivity contribution in [3.8, 4) is 0 Å². The number of carbonyl (C=O) groups excluding carboxylic acids is 2. The van der Waals surface area contributed by atoms with Crippen LogP contribution in [0.3, 0.4) is 0 Å². The normalized spacial score (nSPS) is 17.7. The lowest BCUT2D eigenvalue weighted by Gasteiger charge is -2.22. The van der Waals surface area contributed by atoms with Crippen LogP contribution in [0.5, 0.6) is 0 Å². The highest BCUT2D eigenvalue weighted by atomic mass is 16.2. The van der Waals surface area contributed by atoms with E-state index in [0.29, 0.717) is 12.2 Å². The molecule has 5 heteroatoms. The highest BCUT2D eigenvalue weighted by Gasteiger charge is 2.14. The Hall–Kier alpha value is -1.88. The average molecular weight is 303 g/mol. The zero-order chi connectivity index (χ0) is 15.6. The average Bonchev–Trinajstić information content (AvgIpc) is 2.56. The summed E-state index contributed by atoms with van der Waals surface area (Å²) in [7, 11) is 0. The van der Waals surface area contributed by atoms with Gasteiger partial charge in [0.1, 0.15) is 0 Å². The lowest BCUT2D eigenvalue weighted by atomic mass is 9.94. The van der Waals surface area contributed by atoms with E-state index in [9.17, 15) is 9.59 Å². The van der Waals surface area contributed by atoms with E-state index in [1.807, 2.05) is 18.2 Å². The first kappa shape index (κ1) is 16.5. The molecule has 0 bridgehead atoms. The molecule has 120 valence electrons. The molecule has 0 aromatic heterocycles. The van der Waals surface area contributed by atoms with Crippen LogP contribution in [0.4, 0.5) is 5.69 Å². The third-order valence-corrected chi connectivity index (χ3v) is 3.96. The number of anilines is 1. The minimum Gasteiger partial charge on any atom is -0.348 e. The van der Waals surface area contributed by atoms with E-state index in [1.54, 1.807) is 12.1 Å². The van der Waals surface area contributed by atoms with Gasteiger partial charge in [0.2, 0.25) is 0 Å². The highest BCUT2D eigenvalue weighted by molar-refractivity contribution is 6.39. The lowest BCUT2D eigenvalue weighted by Crippen LogP contribution is -2.36. The molecular weight excluding hydrogens is 278 g/mol. The van der Waals surface area contributed by atoms with Crippen LogP contribution >= 0.6 is 0 Å². The van der Waals surface area contributed by atoms with Crippen LogP contribution in [0.1, 0.15) is 32.1 Å². The highest BCUT2D eigenvalue weighted by Crippen LogP contribution is 2.16. The molecule has 0 spiro atoms. The molecule has 0 radical (unpaired) electrons. The van der Waals surface area contributed by atoms with E-state index in [2.05, 4.69) is 16.0 Å². The van der Waals surface area contributed by atoms with Crippen molar-refractivity contribution in [3.63, 3.8) is 0 Å². The smallest absolute Gasteiger partial charge is 0.313 e. The van der Waals surface area contributed by atoms with Crippen molar-refractivity contribution in [1.29, 1.82) is 0 Å². The van der Waals surface area contributed by atoms with Crippen LogP contribution in [0, 0.1) is 5.92 Å². The predicted molar refractivity (Wildman–Crippen MR) is 87.5 cm³/mol. The first-order valence-electron chi connectivity index (χ1n) is 8.10. The maximum atomic E-state index is 11.7. The number of carbonyl (C=O) groups is 2. The first-order valence-corrected chi connectivity index (χ1v) is 8.10. The number of amides is 2. The van der Waals surface area contributed by atoms with Gasteiger partial charge in [-0.3, -0.25) is 9.59 Å². The maximum Gasteiger partial charge on any atom is 0.313 e. The molecule has 0 aliphatic carbocycles. The summed E-state index contributed by atoms with van der Waals surface area (Å²) >= 11 is 0. The van der Waals surface area contributed by atoms with Crippen LogP contribution < -0.4 is 16.0 Å². The monoisotopic (exact) mass is 303 g/mol. The molecule has 1 atom stereocenters. The standard InChI is InChI=1S/C17H25N3O2/c21-16(17(22)20-15-9-2-1-3-10-15)19-12-5-4-7-14-8-6-11-18-13-14/h1-3,9-10,14,18H,4-8,11-13H2,(H,19,21)(H,20,22). The molecule has 1 saturated heterocycles. The molecule has 1 heterocycles. The van der Waals surface area contributed by atoms with Crippen LogP contribution in [-0.2, 0) is 9.59 Å². The Labute approximate surface area is 131 Å². The van der Waals surface area contributed by atoms with E-state index in [0.717, 1.165) is 31.8 Å². The van der Waals surface area contributed by atoms with E-state index in [-0.39, 0.29) is 0 Å². The van der Waals surface area contributed by atoms with Gasteiger partial charge >= 0.3 is 11.8 Å². The number of hydrogen-bond acceptors (Lipinski definition) is 3. The molecule has 3 N–H and O–H groups in total. The van der Waals surface area contributed by atoms with Crippen molar-refractivity contribution in [2.24, 2.45) is 5.92 Å². The summed E-state index contributed by atoms with van der Waals surface area (Å²) in [6.07, 6.45) is 5.77. The minimum absolute atomic E-state index is 0.557. The summed E-state index contributed by atoms with van der Waals surface area (Å²) in [5, 5.41) is 8.66. The Morgan fingerprint density at radius 1 is 1.14 bits per heavy atom. The molecule has 1 fully saturated rings. The number of nitrogens with one attached hydrogen (secondary N) is 3. The van der Waals surface area contributed by atoms with Crippen molar-refractivity contribution in [3.05, 3.63) is 30.3 Å². The summed E-state index contributed by atoms with van der Waals surface area (Å²) in [6.45, 7) is 2.82. The first-order chi connectivity index (χ1) is 10.8. The van der Waals surface area contributed by atoms with Crippen LogP contribution in [0.25, 0.3) is 0 Å². The van der Waals surface area contributed by atoms with E-state index < -0.39 is 11.8 Å². The van der Waals surface area contributed by atoms with E-state index in [4.69, 9.17) is 0 Å². The number of rotatable bonds is 6. The van der Waals surface area contributed by atoms with Crippen molar-refractivity contribution >= 4 is 17.5 Å². The largest absolute Gasteiger partial charge is 0.348 e. The summed E-state index contributed by atoms with van der Waals surface area (Å²) in [5.41, 5.74) is 0.632. The fourth-order valence-electron chi connectivity index (χ4n) is 2.72. The van der Waals surface area contributed by atoms with Crippen molar-refractivity contribution in [2.45, 2.75) is 32.1 Å². The number of benzene rings is 1. The quantitative estimate of drug-likeness (QED) is 0.555. The van der Waals surface area contributed by atoms with Gasteiger partial charge in [0, 0.05) is 12.2 Å². The van der Waals surface area contributed by atoms with Gasteiger partial charge in [0.25, 0.3) is 0 Å². The van der Waals surface area contributed by atoms with Gasteiger partial charge in [-0.05, 0) is 56.8 Å². The Morgan fingerprint density at radius 3 is 2.68 bits per heavy atom. The minimum atomic E-state index is -0.609. The van der Waals surface area contributed by atoms with Gasteiger partial charge in [0.05, 0.1) is 0 Å². The van der Waals surface area contributed by atoms with Crippen LogP contribution in [0.2, 0.25) is 0 Å². The molecular formula is C17H25N3O2. The van der Waals surface area contributed by atoms with Gasteiger partial charge in [-0.2, -0.15) is 0 Å². The topological polar surface area (TPSA) is 70.2 Å². The van der Waals surface area contributed by atoms with E-state index >= 15 is 0 Å². The van der Waals surface area contributed by atoms with Crippen molar-refractivity contribution in [2.75, 3.05) is 25.0 Å². The fourth-order valence-corrected chi connectivity index (χ4v) is 2.72. The third-order valence-electron chi connectivity index (χ3n) is 3.96. The Bertz CT molecular complexity index is 470. The SMILES string of the molecule is O=C(NCCCCC1CCCNC1)C(=O)Nc1ccccc1. The van der Waals surface area contributed by atoms with E-state index in [1.165, 1.54) is 19.3 Å². The maximum absolute atomic E-state index is 11.7.